The second-order valence-electron chi connectivity index (χ2n) is 2.46. The molecular weight excluding hydrogens is 185 g/mol. The van der Waals surface area contributed by atoms with Crippen LogP contribution in [-0.4, -0.2) is 25.9 Å². The first-order valence-electron chi connectivity index (χ1n) is 5.27. The van der Waals surface area contributed by atoms with Crippen LogP contribution in [0.4, 0.5) is 9.18 Å². The van der Waals surface area contributed by atoms with E-state index in [4.69, 9.17) is 0 Å². The summed E-state index contributed by atoms with van der Waals surface area (Å²) in [5.74, 6) is 0. The first kappa shape index (κ1) is 15.7. The smallest absolute Gasteiger partial charge is 0.407 e. The van der Waals surface area contributed by atoms with Crippen LogP contribution in [0.25, 0.3) is 0 Å². The minimum Gasteiger partial charge on any atom is -0.447 e. The number of nitrogens with one attached hydrogen (secondary N) is 1. The Kier molecular flexibility index (Phi) is 16.5. The van der Waals surface area contributed by atoms with Gasteiger partial charge in [-0.1, -0.05) is 33.6 Å². The molecule has 0 rings (SSSR count). The molecule has 14 heavy (non-hydrogen) atoms. The van der Waals surface area contributed by atoms with Gasteiger partial charge in [-0.2, -0.15) is 0 Å². The summed E-state index contributed by atoms with van der Waals surface area (Å²) in [5.41, 5.74) is 0. The van der Waals surface area contributed by atoms with Crippen molar-refractivity contribution in [1.82, 2.24) is 5.32 Å². The molecule has 0 saturated carbocycles. The summed E-state index contributed by atoms with van der Waals surface area (Å²) in [7, 11) is 0. The highest BCUT2D eigenvalue weighted by molar-refractivity contribution is 5.66. The Hall–Kier alpha value is -0.800. The van der Waals surface area contributed by atoms with E-state index in [-0.39, 0.29) is 6.61 Å². The van der Waals surface area contributed by atoms with Gasteiger partial charge in [-0.3, -0.25) is 0 Å². The third-order valence-corrected chi connectivity index (χ3v) is 1.36. The van der Waals surface area contributed by atoms with E-state index in [0.29, 0.717) is 6.54 Å². The molecule has 0 unspecified atom stereocenters. The van der Waals surface area contributed by atoms with Gasteiger partial charge in [-0.15, -0.1) is 0 Å². The topological polar surface area (TPSA) is 38.3 Å². The van der Waals surface area contributed by atoms with E-state index in [0.717, 1.165) is 19.3 Å². The van der Waals surface area contributed by atoms with E-state index in [1.807, 2.05) is 13.8 Å². The van der Waals surface area contributed by atoms with Gasteiger partial charge < -0.3 is 10.1 Å². The Bertz CT molecular complexity index is 121. The molecule has 1 amide bonds. The van der Waals surface area contributed by atoms with Gasteiger partial charge in [-0.25, -0.2) is 9.18 Å². The fourth-order valence-electron chi connectivity index (χ4n) is 0.748. The lowest BCUT2D eigenvalue weighted by molar-refractivity contribution is 0.137. The van der Waals surface area contributed by atoms with Crippen molar-refractivity contribution in [2.75, 3.05) is 19.8 Å². The monoisotopic (exact) mass is 207 g/mol. The van der Waals surface area contributed by atoms with Gasteiger partial charge in [0.25, 0.3) is 0 Å². The summed E-state index contributed by atoms with van der Waals surface area (Å²) < 4.78 is 15.9. The van der Waals surface area contributed by atoms with Crippen molar-refractivity contribution in [3.8, 4) is 0 Å². The number of alkyl halides is 1. The number of carbonyl (C=O) groups is 1. The number of alkyl carbamates (subject to hydrolysis) is 1. The zero-order chi connectivity index (χ0) is 11.2. The second-order valence-corrected chi connectivity index (χ2v) is 2.46. The van der Waals surface area contributed by atoms with Gasteiger partial charge in [-0.05, 0) is 6.42 Å². The number of hydrogen-bond acceptors (Lipinski definition) is 2. The summed E-state index contributed by atoms with van der Waals surface area (Å²) in [6.45, 7) is 5.92. The zero-order valence-electron chi connectivity index (χ0n) is 9.44. The number of rotatable bonds is 6. The van der Waals surface area contributed by atoms with Crippen molar-refractivity contribution in [1.29, 1.82) is 0 Å². The lowest BCUT2D eigenvalue weighted by atomic mass is 10.2. The first-order chi connectivity index (χ1) is 6.81. The third kappa shape index (κ3) is 13.8. The molecule has 0 aliphatic carbocycles. The van der Waals surface area contributed by atoms with Crippen LogP contribution < -0.4 is 5.32 Å². The Balaban J connectivity index is 0. The van der Waals surface area contributed by atoms with Crippen LogP contribution in [0.15, 0.2) is 0 Å². The Labute approximate surface area is 86.0 Å². The summed E-state index contributed by atoms with van der Waals surface area (Å²) in [5, 5.41) is 2.52. The van der Waals surface area contributed by atoms with Gasteiger partial charge in [0.05, 0.1) is 0 Å². The maximum atomic E-state index is 11.5. The van der Waals surface area contributed by atoms with Crippen molar-refractivity contribution in [2.45, 2.75) is 40.0 Å². The van der Waals surface area contributed by atoms with Crippen LogP contribution in [0.5, 0.6) is 0 Å². The molecule has 86 valence electrons. The summed E-state index contributed by atoms with van der Waals surface area (Å²) >= 11 is 0. The number of ether oxygens (including phenoxy) is 1. The first-order valence-corrected chi connectivity index (χ1v) is 5.27. The van der Waals surface area contributed by atoms with E-state index in [1.165, 1.54) is 0 Å². The van der Waals surface area contributed by atoms with E-state index < -0.39 is 12.8 Å². The highest BCUT2D eigenvalue weighted by atomic mass is 19.1. The van der Waals surface area contributed by atoms with E-state index >= 15 is 0 Å². The van der Waals surface area contributed by atoms with Crippen molar-refractivity contribution >= 4 is 6.09 Å². The molecule has 0 spiro atoms. The van der Waals surface area contributed by atoms with E-state index in [9.17, 15) is 9.18 Å². The van der Waals surface area contributed by atoms with Crippen molar-refractivity contribution in [2.24, 2.45) is 0 Å². The fraction of sp³-hybridized carbons (Fsp3) is 0.900. The second kappa shape index (κ2) is 14.7. The van der Waals surface area contributed by atoms with Crippen molar-refractivity contribution in [3.05, 3.63) is 0 Å². The third-order valence-electron chi connectivity index (χ3n) is 1.36. The molecule has 0 fully saturated rings. The van der Waals surface area contributed by atoms with Crippen molar-refractivity contribution < 1.29 is 13.9 Å². The highest BCUT2D eigenvalue weighted by Gasteiger charge is 1.98. The number of hydrogen-bond donors (Lipinski definition) is 1. The Morgan fingerprint density at radius 2 is 2.00 bits per heavy atom. The largest absolute Gasteiger partial charge is 0.447 e. The standard InChI is InChI=1S/C8H16FNO2.C2H6/c1-2-3-4-6-10-8(11)12-7-5-9;1-2/h2-7H2,1H3,(H,10,11);1-2H3. The maximum Gasteiger partial charge on any atom is 0.407 e. The van der Waals surface area contributed by atoms with Gasteiger partial charge in [0, 0.05) is 6.54 Å². The predicted molar refractivity (Wildman–Crippen MR) is 56.2 cm³/mol. The highest BCUT2D eigenvalue weighted by Crippen LogP contribution is 1.91. The van der Waals surface area contributed by atoms with Crippen LogP contribution in [0.2, 0.25) is 0 Å². The molecule has 0 saturated heterocycles. The molecule has 0 heterocycles. The fourth-order valence-corrected chi connectivity index (χ4v) is 0.748. The molecule has 0 aromatic heterocycles. The van der Waals surface area contributed by atoms with E-state index in [1.54, 1.807) is 0 Å². The normalized spacial score (nSPS) is 8.57. The summed E-state index contributed by atoms with van der Waals surface area (Å²) in [4.78, 5) is 10.7. The van der Waals surface area contributed by atoms with Crippen LogP contribution in [0, 0.1) is 0 Å². The molecule has 0 aromatic rings. The van der Waals surface area contributed by atoms with Crippen LogP contribution >= 0.6 is 0 Å². The SMILES string of the molecule is CC.CCCCCNC(=O)OCCF. The molecule has 0 radical (unpaired) electrons. The van der Waals surface area contributed by atoms with Gasteiger partial charge in [0.1, 0.15) is 13.3 Å². The zero-order valence-corrected chi connectivity index (χ0v) is 9.44. The Morgan fingerprint density at radius 3 is 2.50 bits per heavy atom. The van der Waals surface area contributed by atoms with E-state index in [2.05, 4.69) is 17.0 Å². The number of unbranched alkanes of at least 4 members (excludes halogenated alkanes) is 2. The van der Waals surface area contributed by atoms with Gasteiger partial charge in [0.2, 0.25) is 0 Å². The maximum absolute atomic E-state index is 11.5. The molecule has 4 heteroatoms. The number of amides is 1. The Morgan fingerprint density at radius 1 is 1.36 bits per heavy atom. The summed E-state index contributed by atoms with van der Waals surface area (Å²) in [6, 6.07) is 0. The molecule has 1 N–H and O–H groups in total. The molecule has 0 atom stereocenters. The molecule has 0 aliphatic heterocycles. The van der Waals surface area contributed by atoms with Gasteiger partial charge >= 0.3 is 6.09 Å². The lowest BCUT2D eigenvalue weighted by Gasteiger charge is -2.03. The summed E-state index contributed by atoms with van der Waals surface area (Å²) in [6.07, 6.45) is 2.62. The molecule has 0 aromatic carbocycles. The molecule has 3 nitrogen and oxygen atoms in total. The molecule has 0 bridgehead atoms. The van der Waals surface area contributed by atoms with Gasteiger partial charge in [0.15, 0.2) is 0 Å². The molecule has 0 aliphatic rings. The van der Waals surface area contributed by atoms with Crippen LogP contribution in [0.1, 0.15) is 40.0 Å². The van der Waals surface area contributed by atoms with Crippen LogP contribution in [0.3, 0.4) is 0 Å². The van der Waals surface area contributed by atoms with Crippen molar-refractivity contribution in [3.63, 3.8) is 0 Å². The van der Waals surface area contributed by atoms with Crippen LogP contribution in [-0.2, 0) is 4.74 Å². The average Bonchev–Trinajstić information content (AvgIpc) is 2.24. The minimum absolute atomic E-state index is 0.153. The predicted octanol–water partition coefficient (Wildman–Crippen LogP) is 2.90. The lowest BCUT2D eigenvalue weighted by Crippen LogP contribution is -2.25. The molecular formula is C10H22FNO2. The number of halogens is 1. The average molecular weight is 207 g/mol. The quantitative estimate of drug-likeness (QED) is 0.680. The number of carbonyl (C=O) groups excluding carboxylic acids is 1. The minimum atomic E-state index is -0.623.